The van der Waals surface area contributed by atoms with Gasteiger partial charge in [-0.3, -0.25) is 4.57 Å². The van der Waals surface area contributed by atoms with Gasteiger partial charge in [0.1, 0.15) is 32.1 Å². The van der Waals surface area contributed by atoms with Gasteiger partial charge in [-0.2, -0.15) is 0 Å². The Labute approximate surface area is 123 Å². The van der Waals surface area contributed by atoms with E-state index in [1.54, 1.807) is 6.33 Å². The molecule has 3 heterocycles. The molecule has 9 heteroatoms. The third-order valence-corrected chi connectivity index (χ3v) is 6.10. The number of aromatic nitrogens is 4. The Hall–Kier alpha value is -1.55. The van der Waals surface area contributed by atoms with Gasteiger partial charge in [-0.05, 0) is 0 Å². The van der Waals surface area contributed by atoms with E-state index in [2.05, 4.69) is 28.0 Å². The SMILES string of the molecule is C[Si](C)[C@]1(n2cnc3c(N)ncnc32)C[C@H](O)[C@@H](CO)O1. The number of aliphatic hydroxyl groups is 2. The van der Waals surface area contributed by atoms with Crippen LogP contribution in [0.1, 0.15) is 6.42 Å². The third kappa shape index (κ3) is 2.04. The van der Waals surface area contributed by atoms with Gasteiger partial charge in [0.15, 0.2) is 11.5 Å². The summed E-state index contributed by atoms with van der Waals surface area (Å²) in [5, 5.41) is 18.8. The van der Waals surface area contributed by atoms with Gasteiger partial charge in [-0.15, -0.1) is 0 Å². The molecule has 1 radical (unpaired) electrons. The molecule has 4 N–H and O–H groups in total. The molecule has 0 saturated carbocycles. The fourth-order valence-corrected chi connectivity index (χ4v) is 4.44. The van der Waals surface area contributed by atoms with Crippen LogP contribution >= 0.6 is 0 Å². The third-order valence-electron chi connectivity index (χ3n) is 3.97. The summed E-state index contributed by atoms with van der Waals surface area (Å²) in [7, 11) is -1.04. The van der Waals surface area contributed by atoms with Gasteiger partial charge in [0.2, 0.25) is 0 Å². The van der Waals surface area contributed by atoms with Crippen molar-refractivity contribution in [1.82, 2.24) is 19.5 Å². The van der Waals surface area contributed by atoms with Crippen LogP contribution in [0, 0.1) is 0 Å². The van der Waals surface area contributed by atoms with E-state index in [1.807, 2.05) is 4.57 Å². The molecule has 8 nitrogen and oxygen atoms in total. The molecule has 0 aromatic carbocycles. The average molecular weight is 308 g/mol. The smallest absolute Gasteiger partial charge is 0.167 e. The van der Waals surface area contributed by atoms with E-state index in [0.717, 1.165) is 0 Å². The molecule has 21 heavy (non-hydrogen) atoms. The number of hydrogen-bond acceptors (Lipinski definition) is 7. The minimum Gasteiger partial charge on any atom is -0.394 e. The monoisotopic (exact) mass is 308 g/mol. The Balaban J connectivity index is 2.16. The number of aliphatic hydroxyl groups excluding tert-OH is 2. The summed E-state index contributed by atoms with van der Waals surface area (Å²) in [5.74, 6) is 0.312. The number of ether oxygens (including phenoxy) is 1. The molecule has 3 rings (SSSR count). The van der Waals surface area contributed by atoms with Gasteiger partial charge >= 0.3 is 0 Å². The lowest BCUT2D eigenvalue weighted by Gasteiger charge is -2.34. The summed E-state index contributed by atoms with van der Waals surface area (Å²) in [6.45, 7) is 3.96. The molecule has 0 bridgehead atoms. The van der Waals surface area contributed by atoms with Crippen LogP contribution in [0.5, 0.6) is 0 Å². The van der Waals surface area contributed by atoms with E-state index in [-0.39, 0.29) is 6.61 Å². The van der Waals surface area contributed by atoms with E-state index in [9.17, 15) is 10.2 Å². The van der Waals surface area contributed by atoms with Crippen molar-refractivity contribution in [3.8, 4) is 0 Å². The molecule has 1 saturated heterocycles. The minimum atomic E-state index is -1.04. The summed E-state index contributed by atoms with van der Waals surface area (Å²) in [6.07, 6.45) is 2.10. The van der Waals surface area contributed by atoms with Crippen molar-refractivity contribution >= 4 is 25.8 Å². The van der Waals surface area contributed by atoms with Crippen molar-refractivity contribution in [2.75, 3.05) is 12.3 Å². The van der Waals surface area contributed by atoms with E-state index < -0.39 is 26.4 Å². The number of nitrogen functional groups attached to an aromatic ring is 1. The lowest BCUT2D eigenvalue weighted by atomic mass is 10.2. The fraction of sp³-hybridized carbons (Fsp3) is 0.583. The number of fused-ring (bicyclic) bond motifs is 1. The first kappa shape index (κ1) is 14.4. The van der Waals surface area contributed by atoms with Gasteiger partial charge in [0, 0.05) is 6.42 Å². The first-order valence-electron chi connectivity index (χ1n) is 6.71. The van der Waals surface area contributed by atoms with Crippen molar-refractivity contribution in [1.29, 1.82) is 0 Å². The Bertz CT molecular complexity index is 663. The van der Waals surface area contributed by atoms with E-state index in [1.165, 1.54) is 6.33 Å². The Morgan fingerprint density at radius 1 is 1.48 bits per heavy atom. The van der Waals surface area contributed by atoms with Crippen molar-refractivity contribution in [3.05, 3.63) is 12.7 Å². The summed E-state index contributed by atoms with van der Waals surface area (Å²) >= 11 is 0. The normalized spacial score (nSPS) is 29.6. The van der Waals surface area contributed by atoms with Crippen LogP contribution in [-0.4, -0.2) is 57.3 Å². The highest BCUT2D eigenvalue weighted by molar-refractivity contribution is 6.58. The number of nitrogens with zero attached hydrogens (tertiary/aromatic N) is 4. The number of nitrogens with two attached hydrogens (primary N) is 1. The fourth-order valence-electron chi connectivity index (χ4n) is 2.79. The van der Waals surface area contributed by atoms with Gasteiger partial charge in [-0.25, -0.2) is 15.0 Å². The molecule has 1 aliphatic heterocycles. The largest absolute Gasteiger partial charge is 0.394 e. The zero-order valence-corrected chi connectivity index (χ0v) is 12.9. The van der Waals surface area contributed by atoms with Crippen molar-refractivity contribution in [2.45, 2.75) is 37.1 Å². The Morgan fingerprint density at radius 3 is 2.86 bits per heavy atom. The minimum absolute atomic E-state index is 0.220. The first-order valence-corrected chi connectivity index (χ1v) is 9.21. The second kappa shape index (κ2) is 5.02. The molecular formula is C12H18N5O3Si. The molecule has 1 fully saturated rings. The zero-order valence-electron chi connectivity index (χ0n) is 11.9. The molecule has 1 aliphatic rings. The van der Waals surface area contributed by atoms with Crippen LogP contribution in [0.3, 0.4) is 0 Å². The predicted molar refractivity (Wildman–Crippen MR) is 77.8 cm³/mol. The molecule has 2 aromatic rings. The maximum Gasteiger partial charge on any atom is 0.167 e. The maximum absolute atomic E-state index is 10.1. The lowest BCUT2D eigenvalue weighted by Crippen LogP contribution is -2.45. The summed E-state index contributed by atoms with van der Waals surface area (Å²) in [4.78, 5) is 12.5. The van der Waals surface area contributed by atoms with Crippen LogP contribution in [0.25, 0.3) is 11.2 Å². The topological polar surface area (TPSA) is 119 Å². The molecule has 113 valence electrons. The maximum atomic E-state index is 10.1. The number of hydrogen-bond donors (Lipinski definition) is 3. The van der Waals surface area contributed by atoms with Crippen LogP contribution in [-0.2, 0) is 10.1 Å². The molecule has 3 atom stereocenters. The highest BCUT2D eigenvalue weighted by Crippen LogP contribution is 2.39. The van der Waals surface area contributed by atoms with Crippen LogP contribution in [0.2, 0.25) is 13.1 Å². The standard InChI is InChI=1S/C12H18N5O3Si/c1-21(2)12(3-7(19)8(4-18)20-12)17-6-16-9-10(13)14-5-15-11(9)17/h5-8,18-19H,3-4H2,1-2H3,(H2,13,14,15)/t7-,8+,12-/m0/s1. The number of rotatable bonds is 3. The van der Waals surface area contributed by atoms with Gasteiger partial charge in [-0.1, -0.05) is 13.1 Å². The molecule has 0 aliphatic carbocycles. The second-order valence-electron chi connectivity index (χ2n) is 5.44. The van der Waals surface area contributed by atoms with E-state index in [4.69, 9.17) is 10.5 Å². The second-order valence-corrected chi connectivity index (χ2v) is 8.22. The lowest BCUT2D eigenvalue weighted by molar-refractivity contribution is -0.0699. The van der Waals surface area contributed by atoms with E-state index in [0.29, 0.717) is 23.4 Å². The summed E-state index contributed by atoms with van der Waals surface area (Å²) in [5.41, 5.74) is 6.92. The quantitative estimate of drug-likeness (QED) is 0.654. The van der Waals surface area contributed by atoms with Crippen LogP contribution < -0.4 is 5.73 Å². The Kier molecular flexibility index (Phi) is 3.44. The van der Waals surface area contributed by atoms with Crippen molar-refractivity contribution in [2.24, 2.45) is 0 Å². The van der Waals surface area contributed by atoms with Crippen LogP contribution in [0.4, 0.5) is 5.82 Å². The van der Waals surface area contributed by atoms with Crippen molar-refractivity contribution < 1.29 is 14.9 Å². The molecular weight excluding hydrogens is 290 g/mol. The summed E-state index contributed by atoms with van der Waals surface area (Å²) < 4.78 is 7.86. The van der Waals surface area contributed by atoms with Gasteiger partial charge in [0.05, 0.1) is 19.0 Å². The number of anilines is 1. The van der Waals surface area contributed by atoms with Gasteiger partial charge < -0.3 is 20.7 Å². The van der Waals surface area contributed by atoms with E-state index >= 15 is 0 Å². The highest BCUT2D eigenvalue weighted by Gasteiger charge is 2.50. The Morgan fingerprint density at radius 2 is 2.24 bits per heavy atom. The molecule has 0 unspecified atom stereocenters. The predicted octanol–water partition coefficient (Wildman–Crippen LogP) is -0.503. The molecule has 2 aromatic heterocycles. The highest BCUT2D eigenvalue weighted by atomic mass is 28.3. The average Bonchev–Trinajstić information content (AvgIpc) is 3.01. The number of imidazole rings is 1. The molecule has 0 amide bonds. The zero-order chi connectivity index (χ0) is 15.2. The van der Waals surface area contributed by atoms with Crippen LogP contribution in [0.15, 0.2) is 12.7 Å². The summed E-state index contributed by atoms with van der Waals surface area (Å²) in [6, 6.07) is 0. The van der Waals surface area contributed by atoms with Crippen molar-refractivity contribution in [3.63, 3.8) is 0 Å². The first-order chi connectivity index (χ1) is 9.99. The molecule has 0 spiro atoms. The van der Waals surface area contributed by atoms with Gasteiger partial charge in [0.25, 0.3) is 0 Å².